The van der Waals surface area contributed by atoms with E-state index in [4.69, 9.17) is 9.15 Å². The summed E-state index contributed by atoms with van der Waals surface area (Å²) in [6.07, 6.45) is 0. The lowest BCUT2D eigenvalue weighted by atomic mass is 10.1. The van der Waals surface area contributed by atoms with Gasteiger partial charge >= 0.3 is 0 Å². The molecule has 0 saturated heterocycles. The zero-order chi connectivity index (χ0) is 11.3. The standard InChI is InChI=1S/C11H18BrNO2/c1-4-14-11(2,3)8-13-7-9-5-6-10(12)15-9/h5-6,13H,4,7-8H2,1-3H3. The first kappa shape index (κ1) is 12.7. The lowest BCUT2D eigenvalue weighted by molar-refractivity contribution is -0.00920. The molecule has 0 aromatic carbocycles. The van der Waals surface area contributed by atoms with Crippen LogP contribution in [0, 0.1) is 0 Å². The molecule has 0 unspecified atom stereocenters. The fourth-order valence-corrected chi connectivity index (χ4v) is 1.72. The van der Waals surface area contributed by atoms with Crippen LogP contribution in [0.4, 0.5) is 0 Å². The Kier molecular flexibility index (Phi) is 4.83. The summed E-state index contributed by atoms with van der Waals surface area (Å²) >= 11 is 3.27. The maximum absolute atomic E-state index is 5.57. The average molecular weight is 276 g/mol. The Bertz CT molecular complexity index is 297. The van der Waals surface area contributed by atoms with Crippen molar-refractivity contribution >= 4 is 15.9 Å². The molecular weight excluding hydrogens is 258 g/mol. The molecule has 1 aromatic rings. The maximum Gasteiger partial charge on any atom is 0.169 e. The van der Waals surface area contributed by atoms with Crippen LogP contribution in [-0.2, 0) is 11.3 Å². The summed E-state index contributed by atoms with van der Waals surface area (Å²) in [7, 11) is 0. The van der Waals surface area contributed by atoms with Crippen LogP contribution in [0.2, 0.25) is 0 Å². The Hall–Kier alpha value is -0.320. The predicted molar refractivity (Wildman–Crippen MR) is 63.8 cm³/mol. The van der Waals surface area contributed by atoms with Crippen molar-refractivity contribution in [1.82, 2.24) is 5.32 Å². The topological polar surface area (TPSA) is 34.4 Å². The van der Waals surface area contributed by atoms with Gasteiger partial charge in [0.05, 0.1) is 12.1 Å². The maximum atomic E-state index is 5.57. The van der Waals surface area contributed by atoms with Crippen molar-refractivity contribution in [2.24, 2.45) is 0 Å². The molecule has 0 atom stereocenters. The highest BCUT2D eigenvalue weighted by Crippen LogP contribution is 2.14. The second-order valence-electron chi connectivity index (χ2n) is 4.00. The summed E-state index contributed by atoms with van der Waals surface area (Å²) < 4.78 is 11.7. The predicted octanol–water partition coefficient (Wildman–Crippen LogP) is 2.95. The van der Waals surface area contributed by atoms with Gasteiger partial charge in [-0.3, -0.25) is 0 Å². The molecule has 0 spiro atoms. The molecule has 1 heterocycles. The monoisotopic (exact) mass is 275 g/mol. The summed E-state index contributed by atoms with van der Waals surface area (Å²) in [6.45, 7) is 8.41. The van der Waals surface area contributed by atoms with Gasteiger partial charge in [0, 0.05) is 13.2 Å². The Morgan fingerprint density at radius 3 is 2.73 bits per heavy atom. The third-order valence-corrected chi connectivity index (χ3v) is 2.44. The molecule has 4 heteroatoms. The van der Waals surface area contributed by atoms with E-state index in [1.807, 2.05) is 19.1 Å². The minimum atomic E-state index is -0.126. The van der Waals surface area contributed by atoms with Gasteiger partial charge in [0.1, 0.15) is 5.76 Å². The van der Waals surface area contributed by atoms with Crippen molar-refractivity contribution in [3.8, 4) is 0 Å². The van der Waals surface area contributed by atoms with Gasteiger partial charge in [-0.05, 0) is 48.8 Å². The first-order chi connectivity index (χ1) is 7.03. The molecule has 0 radical (unpaired) electrons. The number of hydrogen-bond acceptors (Lipinski definition) is 3. The fourth-order valence-electron chi connectivity index (χ4n) is 1.38. The molecule has 1 rings (SSSR count). The lowest BCUT2D eigenvalue weighted by Crippen LogP contribution is -2.37. The molecule has 0 fully saturated rings. The minimum Gasteiger partial charge on any atom is -0.453 e. The van der Waals surface area contributed by atoms with E-state index in [1.165, 1.54) is 0 Å². The van der Waals surface area contributed by atoms with Gasteiger partial charge in [0.2, 0.25) is 0 Å². The molecule has 1 aromatic heterocycles. The zero-order valence-electron chi connectivity index (χ0n) is 9.47. The third-order valence-electron chi connectivity index (χ3n) is 2.01. The van der Waals surface area contributed by atoms with Crippen LogP contribution >= 0.6 is 15.9 Å². The summed E-state index contributed by atoms with van der Waals surface area (Å²) in [5.74, 6) is 0.925. The van der Waals surface area contributed by atoms with Gasteiger partial charge in [-0.2, -0.15) is 0 Å². The molecule has 1 N–H and O–H groups in total. The molecule has 15 heavy (non-hydrogen) atoms. The molecule has 0 bridgehead atoms. The van der Waals surface area contributed by atoms with Crippen molar-refractivity contribution in [2.45, 2.75) is 32.9 Å². The molecule has 0 amide bonds. The average Bonchev–Trinajstić information content (AvgIpc) is 2.51. The largest absolute Gasteiger partial charge is 0.453 e. The zero-order valence-corrected chi connectivity index (χ0v) is 11.1. The van der Waals surface area contributed by atoms with E-state index in [-0.39, 0.29) is 5.60 Å². The SMILES string of the molecule is CCOC(C)(C)CNCc1ccc(Br)o1. The smallest absolute Gasteiger partial charge is 0.169 e. The number of furan rings is 1. The highest BCUT2D eigenvalue weighted by molar-refractivity contribution is 9.10. The van der Waals surface area contributed by atoms with Crippen molar-refractivity contribution in [3.05, 3.63) is 22.6 Å². The number of halogens is 1. The minimum absolute atomic E-state index is 0.126. The molecule has 0 aliphatic rings. The molecule has 0 aliphatic carbocycles. The van der Waals surface area contributed by atoms with E-state index in [9.17, 15) is 0 Å². The Morgan fingerprint density at radius 2 is 2.20 bits per heavy atom. The second kappa shape index (κ2) is 5.68. The summed E-state index contributed by atoms with van der Waals surface area (Å²) in [4.78, 5) is 0. The first-order valence-electron chi connectivity index (χ1n) is 5.12. The highest BCUT2D eigenvalue weighted by Gasteiger charge is 2.16. The van der Waals surface area contributed by atoms with Crippen LogP contribution < -0.4 is 5.32 Å². The van der Waals surface area contributed by atoms with Gasteiger partial charge in [-0.1, -0.05) is 0 Å². The Labute approximate surface area is 99.3 Å². The third kappa shape index (κ3) is 4.82. The Balaban J connectivity index is 2.27. The molecule has 0 saturated carbocycles. The van der Waals surface area contributed by atoms with Gasteiger partial charge in [0.15, 0.2) is 4.67 Å². The van der Waals surface area contributed by atoms with Crippen molar-refractivity contribution in [3.63, 3.8) is 0 Å². The van der Waals surface area contributed by atoms with E-state index in [0.29, 0.717) is 0 Å². The van der Waals surface area contributed by atoms with E-state index in [0.717, 1.165) is 30.1 Å². The van der Waals surface area contributed by atoms with Crippen molar-refractivity contribution in [2.75, 3.05) is 13.2 Å². The second-order valence-corrected chi connectivity index (χ2v) is 4.78. The van der Waals surface area contributed by atoms with Crippen LogP contribution in [0.5, 0.6) is 0 Å². The first-order valence-corrected chi connectivity index (χ1v) is 5.92. The quantitative estimate of drug-likeness (QED) is 0.867. The molecule has 86 valence electrons. The number of ether oxygens (including phenoxy) is 1. The van der Waals surface area contributed by atoms with E-state index in [1.54, 1.807) is 0 Å². The van der Waals surface area contributed by atoms with E-state index >= 15 is 0 Å². The molecule has 0 aliphatic heterocycles. The van der Waals surface area contributed by atoms with Crippen LogP contribution in [0.25, 0.3) is 0 Å². The normalized spacial score (nSPS) is 12.0. The highest BCUT2D eigenvalue weighted by atomic mass is 79.9. The van der Waals surface area contributed by atoms with Crippen molar-refractivity contribution < 1.29 is 9.15 Å². The van der Waals surface area contributed by atoms with Crippen LogP contribution in [0.1, 0.15) is 26.5 Å². The molecule has 3 nitrogen and oxygen atoms in total. The summed E-state index contributed by atoms with van der Waals surface area (Å²) in [5, 5.41) is 3.30. The van der Waals surface area contributed by atoms with Gasteiger partial charge in [0.25, 0.3) is 0 Å². The van der Waals surface area contributed by atoms with Gasteiger partial charge < -0.3 is 14.5 Å². The Morgan fingerprint density at radius 1 is 1.47 bits per heavy atom. The number of hydrogen-bond donors (Lipinski definition) is 1. The summed E-state index contributed by atoms with van der Waals surface area (Å²) in [6, 6.07) is 3.84. The van der Waals surface area contributed by atoms with Crippen LogP contribution in [-0.4, -0.2) is 18.8 Å². The van der Waals surface area contributed by atoms with Crippen LogP contribution in [0.15, 0.2) is 21.2 Å². The lowest BCUT2D eigenvalue weighted by Gasteiger charge is -2.24. The molecular formula is C11H18BrNO2. The number of nitrogens with one attached hydrogen (secondary N) is 1. The van der Waals surface area contributed by atoms with E-state index < -0.39 is 0 Å². The van der Waals surface area contributed by atoms with Crippen molar-refractivity contribution in [1.29, 1.82) is 0 Å². The number of rotatable bonds is 6. The van der Waals surface area contributed by atoms with Gasteiger partial charge in [-0.15, -0.1) is 0 Å². The fraction of sp³-hybridized carbons (Fsp3) is 0.636. The summed E-state index contributed by atoms with van der Waals surface area (Å²) in [5.41, 5.74) is -0.126. The van der Waals surface area contributed by atoms with Gasteiger partial charge in [-0.25, -0.2) is 0 Å². The van der Waals surface area contributed by atoms with Crippen LogP contribution in [0.3, 0.4) is 0 Å². The van der Waals surface area contributed by atoms with E-state index in [2.05, 4.69) is 35.1 Å².